The summed E-state index contributed by atoms with van der Waals surface area (Å²) in [4.78, 5) is 21.4. The molecule has 5 heteroatoms. The molecule has 0 saturated heterocycles. The molecule has 0 unspecified atom stereocenters. The summed E-state index contributed by atoms with van der Waals surface area (Å²) in [6.45, 7) is 5.78. The molecule has 17 heavy (non-hydrogen) atoms. The lowest BCUT2D eigenvalue weighted by atomic mass is 10.3. The van der Waals surface area contributed by atoms with Gasteiger partial charge in [-0.15, -0.1) is 0 Å². The number of ether oxygens (including phenoxy) is 2. The maximum Gasteiger partial charge on any atom is 0.307 e. The maximum atomic E-state index is 10.8. The predicted octanol–water partition coefficient (Wildman–Crippen LogP) is 1.10. The van der Waals surface area contributed by atoms with Gasteiger partial charge in [-0.05, 0) is 11.6 Å². The molecule has 0 rings (SSSR count). The van der Waals surface area contributed by atoms with Gasteiger partial charge in [-0.25, -0.2) is 0 Å². The highest BCUT2D eigenvalue weighted by Gasteiger charge is 2.03. The lowest BCUT2D eigenvalue weighted by Crippen LogP contribution is -2.08. The molecular formula is C12H16O5. The van der Waals surface area contributed by atoms with E-state index in [1.165, 1.54) is 19.9 Å². The maximum absolute atomic E-state index is 10.8. The minimum absolute atomic E-state index is 0.120. The zero-order chi connectivity index (χ0) is 13.3. The zero-order valence-corrected chi connectivity index (χ0v) is 9.93. The smallest absolute Gasteiger partial charge is 0.307 e. The molecule has 0 aromatic rings. The first-order valence-electron chi connectivity index (χ1n) is 4.93. The van der Waals surface area contributed by atoms with Crippen LogP contribution in [-0.2, 0) is 19.1 Å². The molecule has 0 amide bonds. The molecule has 0 heterocycles. The Morgan fingerprint density at radius 3 is 2.41 bits per heavy atom. The van der Waals surface area contributed by atoms with Gasteiger partial charge in [0.2, 0.25) is 0 Å². The van der Waals surface area contributed by atoms with Gasteiger partial charge in [0.1, 0.15) is 12.4 Å². The Bertz CT molecular complexity index is 352. The molecule has 0 atom stereocenters. The van der Waals surface area contributed by atoms with Crippen LogP contribution in [0.3, 0.4) is 0 Å². The Labute approximate surface area is 100 Å². The number of carbonyl (C=O) groups is 2. The van der Waals surface area contributed by atoms with Crippen molar-refractivity contribution in [3.8, 4) is 0 Å². The largest absolute Gasteiger partial charge is 0.458 e. The molecule has 0 aliphatic rings. The lowest BCUT2D eigenvalue weighted by Gasteiger charge is -2.06. The van der Waals surface area contributed by atoms with Crippen LogP contribution < -0.4 is 0 Å². The van der Waals surface area contributed by atoms with Crippen molar-refractivity contribution >= 4 is 11.9 Å². The number of carbonyl (C=O) groups excluding carboxylic acids is 2. The summed E-state index contributed by atoms with van der Waals surface area (Å²) in [5, 5.41) is 8.70. The standard InChI is InChI=1S/C12H16O5/c1-9(7-13)5-4-6-12(17-11(3)15)8-16-10(2)14/h4-6,13H,1,7-8H2,2-3H3/b5-4-,12-6+. The third kappa shape index (κ3) is 9.07. The van der Waals surface area contributed by atoms with Crippen LogP contribution in [0.15, 0.2) is 36.1 Å². The van der Waals surface area contributed by atoms with Gasteiger partial charge < -0.3 is 14.6 Å². The van der Waals surface area contributed by atoms with Crippen LogP contribution in [0.2, 0.25) is 0 Å². The summed E-state index contributed by atoms with van der Waals surface area (Å²) < 4.78 is 9.52. The minimum Gasteiger partial charge on any atom is -0.458 e. The van der Waals surface area contributed by atoms with Gasteiger partial charge in [-0.3, -0.25) is 9.59 Å². The second-order valence-electron chi connectivity index (χ2n) is 3.18. The minimum atomic E-state index is -0.502. The number of aliphatic hydroxyl groups excluding tert-OH is 1. The summed E-state index contributed by atoms with van der Waals surface area (Å²) in [5.74, 6) is -0.765. The molecule has 0 aromatic heterocycles. The van der Waals surface area contributed by atoms with Crippen LogP contribution in [0, 0.1) is 0 Å². The molecule has 0 fully saturated rings. The van der Waals surface area contributed by atoms with Crippen LogP contribution >= 0.6 is 0 Å². The highest BCUT2D eigenvalue weighted by molar-refractivity contribution is 5.68. The Hall–Kier alpha value is -1.88. The molecule has 5 nitrogen and oxygen atoms in total. The summed E-state index contributed by atoms with van der Waals surface area (Å²) in [5.41, 5.74) is 0.510. The quantitative estimate of drug-likeness (QED) is 0.427. The third-order valence-corrected chi connectivity index (χ3v) is 1.51. The molecular weight excluding hydrogens is 224 g/mol. The summed E-state index contributed by atoms with van der Waals surface area (Å²) in [6, 6.07) is 0. The van der Waals surface area contributed by atoms with Gasteiger partial charge in [0, 0.05) is 13.8 Å². The van der Waals surface area contributed by atoms with E-state index in [2.05, 4.69) is 6.58 Å². The SMILES string of the molecule is C=C(/C=C\C=C(/COC(C)=O)OC(C)=O)CO. The van der Waals surface area contributed by atoms with Crippen LogP contribution in [0.4, 0.5) is 0 Å². The first kappa shape index (κ1) is 15.1. The number of esters is 2. The average molecular weight is 240 g/mol. The average Bonchev–Trinajstić information content (AvgIpc) is 2.24. The molecule has 0 aliphatic carbocycles. The normalized spacial score (nSPS) is 11.4. The Morgan fingerprint density at radius 1 is 1.29 bits per heavy atom. The number of rotatable bonds is 6. The van der Waals surface area contributed by atoms with E-state index in [4.69, 9.17) is 14.6 Å². The monoisotopic (exact) mass is 240 g/mol. The van der Waals surface area contributed by atoms with Crippen molar-refractivity contribution in [3.63, 3.8) is 0 Å². The second-order valence-corrected chi connectivity index (χ2v) is 3.18. The number of hydrogen-bond acceptors (Lipinski definition) is 5. The number of hydrogen-bond donors (Lipinski definition) is 1. The van der Waals surface area contributed by atoms with E-state index >= 15 is 0 Å². The Kier molecular flexibility index (Phi) is 7.38. The predicted molar refractivity (Wildman–Crippen MR) is 61.8 cm³/mol. The summed E-state index contributed by atoms with van der Waals surface area (Å²) in [6.07, 6.45) is 4.56. The highest BCUT2D eigenvalue weighted by atomic mass is 16.6. The summed E-state index contributed by atoms with van der Waals surface area (Å²) in [7, 11) is 0. The zero-order valence-electron chi connectivity index (χ0n) is 9.93. The molecule has 0 aromatic carbocycles. The second kappa shape index (κ2) is 8.29. The van der Waals surface area contributed by atoms with Crippen molar-refractivity contribution in [2.45, 2.75) is 13.8 Å². The van der Waals surface area contributed by atoms with Crippen LogP contribution in [0.1, 0.15) is 13.8 Å². The Balaban J connectivity index is 4.49. The number of aliphatic hydroxyl groups is 1. The molecule has 94 valence electrons. The van der Waals surface area contributed by atoms with E-state index < -0.39 is 11.9 Å². The fraction of sp³-hybridized carbons (Fsp3) is 0.333. The topological polar surface area (TPSA) is 72.8 Å². The van der Waals surface area contributed by atoms with E-state index in [-0.39, 0.29) is 19.0 Å². The van der Waals surface area contributed by atoms with Crippen molar-refractivity contribution in [1.82, 2.24) is 0 Å². The lowest BCUT2D eigenvalue weighted by molar-refractivity contribution is -0.145. The van der Waals surface area contributed by atoms with Crippen molar-refractivity contribution in [1.29, 1.82) is 0 Å². The van der Waals surface area contributed by atoms with Gasteiger partial charge in [0.25, 0.3) is 0 Å². The molecule has 1 N–H and O–H groups in total. The van der Waals surface area contributed by atoms with Gasteiger partial charge in [-0.2, -0.15) is 0 Å². The van der Waals surface area contributed by atoms with Crippen LogP contribution in [0.5, 0.6) is 0 Å². The first-order valence-corrected chi connectivity index (χ1v) is 4.93. The Morgan fingerprint density at radius 2 is 1.94 bits per heavy atom. The van der Waals surface area contributed by atoms with E-state index in [0.717, 1.165) is 0 Å². The third-order valence-electron chi connectivity index (χ3n) is 1.51. The van der Waals surface area contributed by atoms with E-state index in [1.54, 1.807) is 12.2 Å². The highest BCUT2D eigenvalue weighted by Crippen LogP contribution is 2.01. The van der Waals surface area contributed by atoms with E-state index in [1.807, 2.05) is 0 Å². The van der Waals surface area contributed by atoms with Gasteiger partial charge in [0.15, 0.2) is 0 Å². The van der Waals surface area contributed by atoms with Crippen molar-refractivity contribution in [3.05, 3.63) is 36.1 Å². The molecule has 0 aliphatic heterocycles. The van der Waals surface area contributed by atoms with Crippen LogP contribution in [0.25, 0.3) is 0 Å². The van der Waals surface area contributed by atoms with E-state index in [9.17, 15) is 9.59 Å². The van der Waals surface area contributed by atoms with Crippen molar-refractivity contribution in [2.75, 3.05) is 13.2 Å². The van der Waals surface area contributed by atoms with Gasteiger partial charge >= 0.3 is 11.9 Å². The van der Waals surface area contributed by atoms with Gasteiger partial charge in [-0.1, -0.05) is 18.7 Å². The molecule has 0 spiro atoms. The van der Waals surface area contributed by atoms with Crippen molar-refractivity contribution < 1.29 is 24.2 Å². The van der Waals surface area contributed by atoms with Crippen LogP contribution in [-0.4, -0.2) is 30.3 Å². The summed E-state index contributed by atoms with van der Waals surface area (Å²) >= 11 is 0. The fourth-order valence-corrected chi connectivity index (χ4v) is 0.813. The molecule has 0 bridgehead atoms. The molecule has 0 saturated carbocycles. The van der Waals surface area contributed by atoms with Gasteiger partial charge in [0.05, 0.1) is 6.61 Å². The van der Waals surface area contributed by atoms with Crippen molar-refractivity contribution in [2.24, 2.45) is 0 Å². The fourth-order valence-electron chi connectivity index (χ4n) is 0.813. The molecule has 0 radical (unpaired) electrons. The number of allylic oxidation sites excluding steroid dienone is 2. The first-order chi connectivity index (χ1) is 7.95. The van der Waals surface area contributed by atoms with E-state index in [0.29, 0.717) is 5.57 Å².